The van der Waals surface area contributed by atoms with Crippen LogP contribution in [0, 0.1) is 0 Å². The standard InChI is InChI=1S/C16H16O2/c1-11(17)18-8-7-12-9-14-4-2-3-13-5-6-15(10-12)16(13)14/h2-4,9-10H,5-8H2,1H3. The average Bonchev–Trinajstić information content (AvgIpc) is 2.74. The Balaban J connectivity index is 1.90. The highest BCUT2D eigenvalue weighted by Gasteiger charge is 2.14. The maximum absolute atomic E-state index is 10.8. The molecule has 2 aromatic carbocycles. The van der Waals surface area contributed by atoms with E-state index >= 15 is 0 Å². The molecule has 0 aliphatic heterocycles. The Hall–Kier alpha value is -1.83. The summed E-state index contributed by atoms with van der Waals surface area (Å²) < 4.78 is 5.01. The average molecular weight is 240 g/mol. The molecule has 0 atom stereocenters. The summed E-state index contributed by atoms with van der Waals surface area (Å²) in [4.78, 5) is 10.8. The molecule has 1 aliphatic carbocycles. The van der Waals surface area contributed by atoms with Crippen LogP contribution in [0.4, 0.5) is 0 Å². The number of aryl methyl sites for hydroxylation is 2. The second-order valence-electron chi connectivity index (χ2n) is 4.86. The third-order valence-electron chi connectivity index (χ3n) is 3.56. The lowest BCUT2D eigenvalue weighted by Gasteiger charge is -2.07. The van der Waals surface area contributed by atoms with E-state index < -0.39 is 0 Å². The molecule has 0 unspecified atom stereocenters. The van der Waals surface area contributed by atoms with Crippen molar-refractivity contribution in [3.63, 3.8) is 0 Å². The van der Waals surface area contributed by atoms with Gasteiger partial charge in [-0.05, 0) is 40.3 Å². The van der Waals surface area contributed by atoms with E-state index in [0.29, 0.717) is 6.61 Å². The summed E-state index contributed by atoms with van der Waals surface area (Å²) in [5.74, 6) is -0.206. The minimum Gasteiger partial charge on any atom is -0.466 e. The van der Waals surface area contributed by atoms with E-state index in [2.05, 4.69) is 30.3 Å². The largest absolute Gasteiger partial charge is 0.466 e. The number of esters is 1. The van der Waals surface area contributed by atoms with E-state index in [0.717, 1.165) is 19.3 Å². The monoisotopic (exact) mass is 240 g/mol. The molecular weight excluding hydrogens is 224 g/mol. The number of carbonyl (C=O) groups is 1. The number of rotatable bonds is 3. The molecule has 0 radical (unpaired) electrons. The van der Waals surface area contributed by atoms with Gasteiger partial charge in [0.15, 0.2) is 0 Å². The fourth-order valence-electron chi connectivity index (χ4n) is 2.80. The first-order valence-corrected chi connectivity index (χ1v) is 6.41. The Morgan fingerprint density at radius 1 is 1.22 bits per heavy atom. The van der Waals surface area contributed by atoms with Gasteiger partial charge in [0.1, 0.15) is 0 Å². The summed E-state index contributed by atoms with van der Waals surface area (Å²) in [5.41, 5.74) is 4.17. The first kappa shape index (κ1) is 11.3. The maximum Gasteiger partial charge on any atom is 0.302 e. The SMILES string of the molecule is CC(=O)OCCc1cc2c3c(cccc3c1)CC2. The smallest absolute Gasteiger partial charge is 0.302 e. The summed E-state index contributed by atoms with van der Waals surface area (Å²) in [5, 5.41) is 2.76. The van der Waals surface area contributed by atoms with Crippen molar-refractivity contribution in [3.05, 3.63) is 47.0 Å². The summed E-state index contributed by atoms with van der Waals surface area (Å²) in [6.45, 7) is 1.92. The predicted octanol–water partition coefficient (Wildman–Crippen LogP) is 3.04. The highest BCUT2D eigenvalue weighted by atomic mass is 16.5. The molecule has 2 heteroatoms. The van der Waals surface area contributed by atoms with Gasteiger partial charge in [0.05, 0.1) is 6.61 Å². The van der Waals surface area contributed by atoms with Crippen LogP contribution in [0.1, 0.15) is 23.6 Å². The van der Waals surface area contributed by atoms with E-state index in [1.165, 1.54) is 34.4 Å². The number of hydrogen-bond acceptors (Lipinski definition) is 2. The van der Waals surface area contributed by atoms with Gasteiger partial charge in [-0.2, -0.15) is 0 Å². The Kier molecular flexibility index (Phi) is 2.78. The Labute approximate surface area is 107 Å². The van der Waals surface area contributed by atoms with Gasteiger partial charge in [-0.15, -0.1) is 0 Å². The molecule has 0 fully saturated rings. The molecule has 0 aromatic heterocycles. The van der Waals surface area contributed by atoms with Crippen molar-refractivity contribution < 1.29 is 9.53 Å². The fraction of sp³-hybridized carbons (Fsp3) is 0.312. The first-order valence-electron chi connectivity index (χ1n) is 6.41. The van der Waals surface area contributed by atoms with Crippen LogP contribution >= 0.6 is 0 Å². The van der Waals surface area contributed by atoms with Crippen LogP contribution in [0.3, 0.4) is 0 Å². The summed E-state index contributed by atoms with van der Waals surface area (Å²) in [6, 6.07) is 11.0. The molecule has 0 bridgehead atoms. The van der Waals surface area contributed by atoms with Crippen molar-refractivity contribution in [2.24, 2.45) is 0 Å². The lowest BCUT2D eigenvalue weighted by Crippen LogP contribution is -2.03. The van der Waals surface area contributed by atoms with Gasteiger partial charge < -0.3 is 4.74 Å². The van der Waals surface area contributed by atoms with Crippen LogP contribution in [0.25, 0.3) is 10.8 Å². The molecule has 2 aromatic rings. The molecular formula is C16H16O2. The van der Waals surface area contributed by atoms with Gasteiger partial charge in [0.2, 0.25) is 0 Å². The number of benzene rings is 2. The highest BCUT2D eigenvalue weighted by molar-refractivity contribution is 5.91. The van der Waals surface area contributed by atoms with Crippen molar-refractivity contribution in [1.29, 1.82) is 0 Å². The normalized spacial score (nSPS) is 12.9. The van der Waals surface area contributed by atoms with Crippen LogP contribution in [-0.2, 0) is 28.8 Å². The lowest BCUT2D eigenvalue weighted by atomic mass is 10.0. The van der Waals surface area contributed by atoms with E-state index in [9.17, 15) is 4.79 Å². The topological polar surface area (TPSA) is 26.3 Å². The quantitative estimate of drug-likeness (QED) is 0.771. The van der Waals surface area contributed by atoms with E-state index in [1.54, 1.807) is 0 Å². The molecule has 2 nitrogen and oxygen atoms in total. The molecule has 0 N–H and O–H groups in total. The molecule has 0 saturated carbocycles. The summed E-state index contributed by atoms with van der Waals surface area (Å²) in [6.07, 6.45) is 3.09. The van der Waals surface area contributed by atoms with Crippen LogP contribution in [0.15, 0.2) is 30.3 Å². The molecule has 3 rings (SSSR count). The minimum absolute atomic E-state index is 0.206. The van der Waals surface area contributed by atoms with Crippen molar-refractivity contribution >= 4 is 16.7 Å². The van der Waals surface area contributed by atoms with E-state index in [4.69, 9.17) is 4.74 Å². The predicted molar refractivity (Wildman–Crippen MR) is 71.7 cm³/mol. The lowest BCUT2D eigenvalue weighted by molar-refractivity contribution is -0.140. The van der Waals surface area contributed by atoms with Gasteiger partial charge in [-0.25, -0.2) is 0 Å². The second kappa shape index (κ2) is 4.45. The summed E-state index contributed by atoms with van der Waals surface area (Å²) in [7, 11) is 0. The second-order valence-corrected chi connectivity index (χ2v) is 4.86. The van der Waals surface area contributed by atoms with Gasteiger partial charge >= 0.3 is 5.97 Å². The number of hydrogen-bond donors (Lipinski definition) is 0. The Morgan fingerprint density at radius 3 is 2.89 bits per heavy atom. The molecule has 0 spiro atoms. The number of ether oxygens (including phenoxy) is 1. The minimum atomic E-state index is -0.206. The van der Waals surface area contributed by atoms with Crippen LogP contribution in [0.2, 0.25) is 0 Å². The fourth-order valence-corrected chi connectivity index (χ4v) is 2.80. The third-order valence-corrected chi connectivity index (χ3v) is 3.56. The molecule has 92 valence electrons. The third kappa shape index (κ3) is 1.99. The summed E-state index contributed by atoms with van der Waals surface area (Å²) >= 11 is 0. The Bertz CT molecular complexity index is 614. The first-order chi connectivity index (χ1) is 8.74. The van der Waals surface area contributed by atoms with Gasteiger partial charge in [0, 0.05) is 13.3 Å². The zero-order chi connectivity index (χ0) is 12.5. The van der Waals surface area contributed by atoms with Gasteiger partial charge in [0.25, 0.3) is 0 Å². The van der Waals surface area contributed by atoms with Crippen molar-refractivity contribution in [2.45, 2.75) is 26.2 Å². The van der Waals surface area contributed by atoms with Crippen molar-refractivity contribution in [3.8, 4) is 0 Å². The zero-order valence-corrected chi connectivity index (χ0v) is 10.5. The highest BCUT2D eigenvalue weighted by Crippen LogP contribution is 2.31. The molecule has 0 heterocycles. The molecule has 0 amide bonds. The molecule has 1 aliphatic rings. The van der Waals surface area contributed by atoms with E-state index in [1.807, 2.05) is 0 Å². The van der Waals surface area contributed by atoms with Crippen molar-refractivity contribution in [2.75, 3.05) is 6.61 Å². The zero-order valence-electron chi connectivity index (χ0n) is 10.5. The Morgan fingerprint density at radius 2 is 2.06 bits per heavy atom. The molecule has 18 heavy (non-hydrogen) atoms. The van der Waals surface area contributed by atoms with Crippen LogP contribution in [-0.4, -0.2) is 12.6 Å². The van der Waals surface area contributed by atoms with Crippen molar-refractivity contribution in [1.82, 2.24) is 0 Å². The maximum atomic E-state index is 10.8. The van der Waals surface area contributed by atoms with E-state index in [-0.39, 0.29) is 5.97 Å². The van der Waals surface area contributed by atoms with Gasteiger partial charge in [-0.3, -0.25) is 4.79 Å². The van der Waals surface area contributed by atoms with Gasteiger partial charge in [-0.1, -0.05) is 30.3 Å². The van der Waals surface area contributed by atoms with Crippen LogP contribution in [0.5, 0.6) is 0 Å². The van der Waals surface area contributed by atoms with Crippen LogP contribution < -0.4 is 0 Å². The number of carbonyl (C=O) groups excluding carboxylic acids is 1. The molecule has 0 saturated heterocycles.